The first kappa shape index (κ1) is 15.6. The second kappa shape index (κ2) is 7.88. The van der Waals surface area contributed by atoms with Crippen LogP contribution in [0.1, 0.15) is 31.3 Å². The van der Waals surface area contributed by atoms with Crippen molar-refractivity contribution in [2.75, 3.05) is 0 Å². The summed E-state index contributed by atoms with van der Waals surface area (Å²) < 4.78 is 5.71. The monoisotopic (exact) mass is 293 g/mol. The van der Waals surface area contributed by atoms with E-state index in [9.17, 15) is 0 Å². The van der Waals surface area contributed by atoms with Crippen LogP contribution in [0, 0.1) is 0 Å². The summed E-state index contributed by atoms with van der Waals surface area (Å²) in [5.74, 6) is 0.480. The maximum Gasteiger partial charge on any atom is 0.138 e. The van der Waals surface area contributed by atoms with Gasteiger partial charge in [-0.2, -0.15) is 0 Å². The average molecular weight is 293 g/mol. The number of aromatic nitrogens is 2. The predicted molar refractivity (Wildman–Crippen MR) is 89.3 cm³/mol. The van der Waals surface area contributed by atoms with Crippen LogP contribution in [0.15, 0.2) is 72.2 Å². The summed E-state index contributed by atoms with van der Waals surface area (Å²) in [6, 6.07) is 11.4. The van der Waals surface area contributed by atoms with E-state index >= 15 is 0 Å². The number of nitrogens with zero attached hydrogens (tertiary/aromatic N) is 3. The highest BCUT2D eigenvalue weighted by Crippen LogP contribution is 2.17. The summed E-state index contributed by atoms with van der Waals surface area (Å²) in [7, 11) is 0. The number of ether oxygens (including phenoxy) is 1. The van der Waals surface area contributed by atoms with E-state index in [1.165, 1.54) is 0 Å². The maximum absolute atomic E-state index is 5.71. The summed E-state index contributed by atoms with van der Waals surface area (Å²) in [5.41, 5.74) is 2.44. The van der Waals surface area contributed by atoms with Crippen molar-refractivity contribution in [3.8, 4) is 0 Å². The standard InChI is InChI=1S/C18H19N3O/c1-4-16(18-10-6-8-12-20-18)21-13-14(2)22-15(3)17-9-5-7-11-19-17/h4-13,15H,2H2,1,3H3/b16-4-,21-13?. The van der Waals surface area contributed by atoms with Crippen molar-refractivity contribution < 1.29 is 4.74 Å². The lowest BCUT2D eigenvalue weighted by Gasteiger charge is -2.13. The van der Waals surface area contributed by atoms with Gasteiger partial charge in [-0.05, 0) is 38.1 Å². The molecule has 0 aliphatic heterocycles. The molecule has 0 aliphatic carbocycles. The molecule has 0 amide bonds. The summed E-state index contributed by atoms with van der Waals surface area (Å²) in [6.07, 6.45) is 6.80. The number of allylic oxidation sites excluding steroid dienone is 2. The minimum Gasteiger partial charge on any atom is -0.483 e. The fourth-order valence-corrected chi connectivity index (χ4v) is 1.88. The van der Waals surface area contributed by atoms with Crippen molar-refractivity contribution in [3.05, 3.63) is 78.6 Å². The topological polar surface area (TPSA) is 47.4 Å². The molecule has 4 nitrogen and oxygen atoms in total. The lowest BCUT2D eigenvalue weighted by atomic mass is 10.2. The van der Waals surface area contributed by atoms with Crippen LogP contribution in [0.4, 0.5) is 0 Å². The fourth-order valence-electron chi connectivity index (χ4n) is 1.88. The van der Waals surface area contributed by atoms with Crippen molar-refractivity contribution in [1.29, 1.82) is 0 Å². The second-order valence-corrected chi connectivity index (χ2v) is 4.63. The minimum absolute atomic E-state index is 0.177. The van der Waals surface area contributed by atoms with Crippen molar-refractivity contribution >= 4 is 11.9 Å². The summed E-state index contributed by atoms with van der Waals surface area (Å²) in [6.45, 7) is 7.72. The molecule has 1 unspecified atom stereocenters. The molecule has 2 aromatic heterocycles. The molecule has 4 heteroatoms. The molecule has 0 saturated carbocycles. The van der Waals surface area contributed by atoms with Crippen LogP contribution < -0.4 is 0 Å². The Kier molecular flexibility index (Phi) is 5.60. The predicted octanol–water partition coefficient (Wildman–Crippen LogP) is 4.20. The molecule has 0 bridgehead atoms. The highest BCUT2D eigenvalue weighted by Gasteiger charge is 2.07. The van der Waals surface area contributed by atoms with Gasteiger partial charge in [0.25, 0.3) is 0 Å². The van der Waals surface area contributed by atoms with Crippen LogP contribution in [-0.2, 0) is 4.74 Å². The molecule has 112 valence electrons. The summed E-state index contributed by atoms with van der Waals surface area (Å²) in [5, 5.41) is 0. The van der Waals surface area contributed by atoms with E-state index in [0.717, 1.165) is 17.1 Å². The van der Waals surface area contributed by atoms with Crippen LogP contribution in [-0.4, -0.2) is 16.2 Å². The molecule has 0 saturated heterocycles. The van der Waals surface area contributed by atoms with Gasteiger partial charge in [-0.15, -0.1) is 0 Å². The molecular formula is C18H19N3O. The van der Waals surface area contributed by atoms with E-state index in [-0.39, 0.29) is 6.10 Å². The number of pyridine rings is 2. The van der Waals surface area contributed by atoms with Gasteiger partial charge >= 0.3 is 0 Å². The van der Waals surface area contributed by atoms with Gasteiger partial charge in [0.2, 0.25) is 0 Å². The molecule has 0 N–H and O–H groups in total. The number of rotatable bonds is 6. The molecule has 1 atom stereocenters. The highest BCUT2D eigenvalue weighted by molar-refractivity contribution is 5.81. The van der Waals surface area contributed by atoms with Gasteiger partial charge in [-0.1, -0.05) is 24.8 Å². The van der Waals surface area contributed by atoms with Gasteiger partial charge in [0.15, 0.2) is 0 Å². The average Bonchev–Trinajstić information content (AvgIpc) is 2.57. The third kappa shape index (κ3) is 4.38. The number of aliphatic imine (C=N–C) groups is 1. The van der Waals surface area contributed by atoms with E-state index in [4.69, 9.17) is 4.74 Å². The third-order valence-electron chi connectivity index (χ3n) is 2.98. The van der Waals surface area contributed by atoms with Crippen LogP contribution >= 0.6 is 0 Å². The van der Waals surface area contributed by atoms with Gasteiger partial charge in [0.05, 0.1) is 23.3 Å². The molecule has 0 spiro atoms. The molecule has 0 aromatic carbocycles. The van der Waals surface area contributed by atoms with Crippen LogP contribution in [0.3, 0.4) is 0 Å². The van der Waals surface area contributed by atoms with Crippen LogP contribution in [0.25, 0.3) is 5.70 Å². The number of hydrogen-bond acceptors (Lipinski definition) is 4. The largest absolute Gasteiger partial charge is 0.483 e. The normalized spacial score (nSPS) is 13.1. The molecular weight excluding hydrogens is 274 g/mol. The second-order valence-electron chi connectivity index (χ2n) is 4.63. The summed E-state index contributed by atoms with van der Waals surface area (Å²) in [4.78, 5) is 12.9. The first-order valence-corrected chi connectivity index (χ1v) is 7.09. The third-order valence-corrected chi connectivity index (χ3v) is 2.98. The smallest absolute Gasteiger partial charge is 0.138 e. The lowest BCUT2D eigenvalue weighted by molar-refractivity contribution is 0.147. The molecule has 22 heavy (non-hydrogen) atoms. The van der Waals surface area contributed by atoms with Gasteiger partial charge < -0.3 is 4.74 Å². The molecule has 2 aromatic rings. The van der Waals surface area contributed by atoms with Gasteiger partial charge in [0, 0.05) is 12.4 Å². The van der Waals surface area contributed by atoms with E-state index in [0.29, 0.717) is 5.76 Å². The van der Waals surface area contributed by atoms with Gasteiger partial charge in [-0.25, -0.2) is 0 Å². The van der Waals surface area contributed by atoms with Gasteiger partial charge in [0.1, 0.15) is 11.9 Å². The Bertz CT molecular complexity index is 663. The molecule has 0 radical (unpaired) electrons. The maximum atomic E-state index is 5.71. The van der Waals surface area contributed by atoms with E-state index < -0.39 is 0 Å². The van der Waals surface area contributed by atoms with E-state index in [1.54, 1.807) is 18.6 Å². The summed E-state index contributed by atoms with van der Waals surface area (Å²) >= 11 is 0. The number of hydrogen-bond donors (Lipinski definition) is 0. The minimum atomic E-state index is -0.177. The molecule has 0 fully saturated rings. The molecule has 2 heterocycles. The van der Waals surface area contributed by atoms with Crippen molar-refractivity contribution in [3.63, 3.8) is 0 Å². The Morgan fingerprint density at radius 2 is 1.91 bits per heavy atom. The Morgan fingerprint density at radius 3 is 2.50 bits per heavy atom. The highest BCUT2D eigenvalue weighted by atomic mass is 16.5. The van der Waals surface area contributed by atoms with Crippen molar-refractivity contribution in [1.82, 2.24) is 9.97 Å². The Labute approximate surface area is 130 Å². The van der Waals surface area contributed by atoms with Crippen molar-refractivity contribution in [2.24, 2.45) is 4.99 Å². The van der Waals surface area contributed by atoms with Gasteiger partial charge in [-0.3, -0.25) is 15.0 Å². The van der Waals surface area contributed by atoms with Crippen LogP contribution in [0.2, 0.25) is 0 Å². The van der Waals surface area contributed by atoms with E-state index in [1.807, 2.05) is 56.3 Å². The first-order chi connectivity index (χ1) is 10.7. The Balaban J connectivity index is 1.99. The zero-order chi connectivity index (χ0) is 15.8. The van der Waals surface area contributed by atoms with E-state index in [2.05, 4.69) is 21.5 Å². The Morgan fingerprint density at radius 1 is 1.18 bits per heavy atom. The lowest BCUT2D eigenvalue weighted by Crippen LogP contribution is -2.02. The zero-order valence-electron chi connectivity index (χ0n) is 12.8. The van der Waals surface area contributed by atoms with Crippen molar-refractivity contribution in [2.45, 2.75) is 20.0 Å². The zero-order valence-corrected chi connectivity index (χ0v) is 12.8. The molecule has 0 aliphatic rings. The first-order valence-electron chi connectivity index (χ1n) is 7.09. The quantitative estimate of drug-likeness (QED) is 0.592. The SMILES string of the molecule is C=C(C=N/C(=C\C)c1ccccn1)OC(C)c1ccccn1. The fraction of sp³-hybridized carbons (Fsp3) is 0.167. The Hall–Kier alpha value is -2.75. The molecule has 2 rings (SSSR count). The van der Waals surface area contributed by atoms with Crippen LogP contribution in [0.5, 0.6) is 0 Å².